The molecule has 0 aliphatic heterocycles. The Labute approximate surface area is 107 Å². The van der Waals surface area contributed by atoms with Crippen molar-refractivity contribution in [2.45, 2.75) is 31.7 Å². The number of thioether (sulfide) groups is 1. The molecule has 1 aromatic rings. The van der Waals surface area contributed by atoms with Gasteiger partial charge in [-0.2, -0.15) is 0 Å². The molecule has 0 saturated heterocycles. The molecular weight excluding hydrogens is 236 g/mol. The number of hydrazine groups is 1. The molecule has 0 atom stereocenters. The topological polar surface area (TPSA) is 73.1 Å². The van der Waals surface area contributed by atoms with Crippen LogP contribution in [0.25, 0.3) is 0 Å². The van der Waals surface area contributed by atoms with Crippen LogP contribution in [0, 0.1) is 6.92 Å². The molecule has 0 aliphatic carbocycles. The summed E-state index contributed by atoms with van der Waals surface area (Å²) in [6.07, 6.45) is 1.82. The lowest BCUT2D eigenvalue weighted by atomic mass is 10.3. The van der Waals surface area contributed by atoms with E-state index in [2.05, 4.69) is 15.4 Å². The van der Waals surface area contributed by atoms with E-state index in [9.17, 15) is 0 Å². The van der Waals surface area contributed by atoms with Crippen LogP contribution in [0.1, 0.15) is 24.7 Å². The van der Waals surface area contributed by atoms with Gasteiger partial charge in [0.2, 0.25) is 0 Å². The molecule has 0 radical (unpaired) electrons. The number of methoxy groups -OCH3 is 1. The monoisotopic (exact) mass is 256 g/mol. The van der Waals surface area contributed by atoms with Crippen molar-refractivity contribution in [2.24, 2.45) is 5.84 Å². The number of nitrogens with zero attached hydrogens (tertiary/aromatic N) is 2. The van der Waals surface area contributed by atoms with Crippen molar-refractivity contribution >= 4 is 17.6 Å². The van der Waals surface area contributed by atoms with Gasteiger partial charge >= 0.3 is 0 Å². The fraction of sp³-hybridized carbons (Fsp3) is 0.636. The molecular formula is C11H20N4OS. The van der Waals surface area contributed by atoms with Gasteiger partial charge in [0.25, 0.3) is 0 Å². The standard InChI is InChI=1S/C11H20N4OS/c1-4-9-13-10(15-12)8(2)11(14-9)17-7-5-6-16-3/h4-7,12H2,1-3H3,(H,13,14,15). The van der Waals surface area contributed by atoms with E-state index < -0.39 is 0 Å². The van der Waals surface area contributed by atoms with Crippen LogP contribution in [0.4, 0.5) is 5.82 Å². The lowest BCUT2D eigenvalue weighted by molar-refractivity contribution is 0.200. The number of aryl methyl sites for hydroxylation is 1. The number of anilines is 1. The van der Waals surface area contributed by atoms with Gasteiger partial charge in [0.05, 0.1) is 0 Å². The number of ether oxygens (including phenoxy) is 1. The molecule has 0 unspecified atom stereocenters. The lowest BCUT2D eigenvalue weighted by Crippen LogP contribution is -2.13. The van der Waals surface area contributed by atoms with E-state index in [0.717, 1.165) is 41.6 Å². The van der Waals surface area contributed by atoms with Gasteiger partial charge < -0.3 is 10.2 Å². The fourth-order valence-electron chi connectivity index (χ4n) is 1.35. The van der Waals surface area contributed by atoms with Gasteiger partial charge in [-0.05, 0) is 13.3 Å². The van der Waals surface area contributed by atoms with Crippen LogP contribution in [-0.4, -0.2) is 29.4 Å². The fourth-order valence-corrected chi connectivity index (χ4v) is 2.29. The van der Waals surface area contributed by atoms with Crippen molar-refractivity contribution in [3.63, 3.8) is 0 Å². The minimum Gasteiger partial charge on any atom is -0.385 e. The summed E-state index contributed by atoms with van der Waals surface area (Å²) in [6.45, 7) is 4.79. The number of nitrogens with one attached hydrogen (secondary N) is 1. The first-order chi connectivity index (χ1) is 8.22. The zero-order valence-electron chi connectivity index (χ0n) is 10.6. The molecule has 0 spiro atoms. The van der Waals surface area contributed by atoms with Crippen molar-refractivity contribution in [3.8, 4) is 0 Å². The third-order valence-corrected chi connectivity index (χ3v) is 3.50. The number of aromatic nitrogens is 2. The first kappa shape index (κ1) is 14.2. The van der Waals surface area contributed by atoms with Crippen molar-refractivity contribution in [3.05, 3.63) is 11.4 Å². The van der Waals surface area contributed by atoms with E-state index in [1.807, 2.05) is 13.8 Å². The van der Waals surface area contributed by atoms with Crippen LogP contribution in [0.2, 0.25) is 0 Å². The highest BCUT2D eigenvalue weighted by atomic mass is 32.2. The molecule has 6 heteroatoms. The van der Waals surface area contributed by atoms with E-state index in [4.69, 9.17) is 10.6 Å². The third kappa shape index (κ3) is 4.14. The van der Waals surface area contributed by atoms with E-state index in [-0.39, 0.29) is 0 Å². The summed E-state index contributed by atoms with van der Waals surface area (Å²) in [4.78, 5) is 8.84. The summed E-state index contributed by atoms with van der Waals surface area (Å²) in [5, 5.41) is 1.00. The Bertz CT molecular complexity index is 360. The predicted octanol–water partition coefficient (Wildman–Crippen LogP) is 1.76. The Hall–Kier alpha value is -0.850. The summed E-state index contributed by atoms with van der Waals surface area (Å²) in [5.41, 5.74) is 3.63. The number of nitrogens with two attached hydrogens (primary N) is 1. The third-order valence-electron chi connectivity index (χ3n) is 2.33. The normalized spacial score (nSPS) is 10.6. The summed E-state index contributed by atoms with van der Waals surface area (Å²) < 4.78 is 5.02. The minimum absolute atomic E-state index is 0.714. The average Bonchev–Trinajstić information content (AvgIpc) is 2.36. The predicted molar refractivity (Wildman–Crippen MR) is 71.2 cm³/mol. The molecule has 0 saturated carbocycles. The van der Waals surface area contributed by atoms with Crippen LogP contribution < -0.4 is 11.3 Å². The molecule has 0 aromatic carbocycles. The molecule has 96 valence electrons. The second kappa shape index (κ2) is 7.47. The largest absolute Gasteiger partial charge is 0.385 e. The second-order valence-corrected chi connectivity index (χ2v) is 4.69. The zero-order chi connectivity index (χ0) is 12.7. The van der Waals surface area contributed by atoms with Crippen molar-refractivity contribution in [2.75, 3.05) is 24.9 Å². The number of hydrogen-bond acceptors (Lipinski definition) is 6. The first-order valence-corrected chi connectivity index (χ1v) is 6.67. The Morgan fingerprint density at radius 3 is 2.76 bits per heavy atom. The summed E-state index contributed by atoms with van der Waals surface area (Å²) in [5.74, 6) is 7.97. The highest BCUT2D eigenvalue weighted by molar-refractivity contribution is 7.99. The minimum atomic E-state index is 0.714. The van der Waals surface area contributed by atoms with Crippen LogP contribution in [0.3, 0.4) is 0 Å². The summed E-state index contributed by atoms with van der Waals surface area (Å²) in [7, 11) is 1.71. The van der Waals surface area contributed by atoms with Gasteiger partial charge in [0, 0.05) is 31.5 Å². The SMILES string of the molecule is CCc1nc(NN)c(C)c(SCCCOC)n1. The second-order valence-electron chi connectivity index (χ2n) is 3.61. The van der Waals surface area contributed by atoms with Crippen molar-refractivity contribution < 1.29 is 4.74 Å². The molecule has 0 aliphatic rings. The van der Waals surface area contributed by atoms with Crippen molar-refractivity contribution in [1.29, 1.82) is 0 Å². The highest BCUT2D eigenvalue weighted by Gasteiger charge is 2.09. The first-order valence-electron chi connectivity index (χ1n) is 5.68. The smallest absolute Gasteiger partial charge is 0.147 e. The summed E-state index contributed by atoms with van der Waals surface area (Å²) >= 11 is 1.72. The molecule has 0 amide bonds. The number of hydrogen-bond donors (Lipinski definition) is 2. The van der Waals surface area contributed by atoms with Gasteiger partial charge in [0.1, 0.15) is 16.7 Å². The van der Waals surface area contributed by atoms with Crippen LogP contribution in [0.5, 0.6) is 0 Å². The Kier molecular flexibility index (Phi) is 6.25. The average molecular weight is 256 g/mol. The van der Waals surface area contributed by atoms with Gasteiger partial charge in [0.15, 0.2) is 0 Å². The van der Waals surface area contributed by atoms with E-state index in [0.29, 0.717) is 5.82 Å². The van der Waals surface area contributed by atoms with Gasteiger partial charge in [-0.1, -0.05) is 6.92 Å². The molecule has 3 N–H and O–H groups in total. The van der Waals surface area contributed by atoms with Crippen LogP contribution >= 0.6 is 11.8 Å². The maximum Gasteiger partial charge on any atom is 0.147 e. The number of nitrogen functional groups attached to an aromatic ring is 1. The zero-order valence-corrected chi connectivity index (χ0v) is 11.4. The van der Waals surface area contributed by atoms with Gasteiger partial charge in [-0.3, -0.25) is 0 Å². The maximum atomic E-state index is 5.45. The highest BCUT2D eigenvalue weighted by Crippen LogP contribution is 2.25. The van der Waals surface area contributed by atoms with E-state index >= 15 is 0 Å². The lowest BCUT2D eigenvalue weighted by Gasteiger charge is -2.10. The molecule has 1 aromatic heterocycles. The van der Waals surface area contributed by atoms with Crippen LogP contribution in [-0.2, 0) is 11.2 Å². The molecule has 5 nitrogen and oxygen atoms in total. The molecule has 0 fully saturated rings. The summed E-state index contributed by atoms with van der Waals surface area (Å²) in [6, 6.07) is 0. The van der Waals surface area contributed by atoms with Crippen molar-refractivity contribution in [1.82, 2.24) is 9.97 Å². The molecule has 0 bridgehead atoms. The van der Waals surface area contributed by atoms with E-state index in [1.54, 1.807) is 18.9 Å². The Morgan fingerprint density at radius 2 is 2.18 bits per heavy atom. The van der Waals surface area contributed by atoms with Crippen LogP contribution in [0.15, 0.2) is 5.03 Å². The molecule has 17 heavy (non-hydrogen) atoms. The quantitative estimate of drug-likeness (QED) is 0.255. The van der Waals surface area contributed by atoms with Gasteiger partial charge in [-0.25, -0.2) is 15.8 Å². The Morgan fingerprint density at radius 1 is 1.41 bits per heavy atom. The maximum absolute atomic E-state index is 5.45. The van der Waals surface area contributed by atoms with Gasteiger partial charge in [-0.15, -0.1) is 11.8 Å². The molecule has 1 heterocycles. The van der Waals surface area contributed by atoms with E-state index in [1.165, 1.54) is 0 Å². The Balaban J connectivity index is 2.75. The molecule has 1 rings (SSSR count). The number of rotatable bonds is 7.